The zero-order valence-corrected chi connectivity index (χ0v) is 16.6. The Morgan fingerprint density at radius 3 is 2.52 bits per heavy atom. The zero-order valence-electron chi connectivity index (χ0n) is 15.8. The molecule has 1 unspecified atom stereocenters. The van der Waals surface area contributed by atoms with Crippen molar-refractivity contribution in [3.05, 3.63) is 60.6 Å². The van der Waals surface area contributed by atoms with E-state index >= 15 is 0 Å². The van der Waals surface area contributed by atoms with Gasteiger partial charge in [0.2, 0.25) is 0 Å². The first-order valence-electron chi connectivity index (χ1n) is 9.11. The summed E-state index contributed by atoms with van der Waals surface area (Å²) >= 11 is 0. The van der Waals surface area contributed by atoms with E-state index in [1.165, 1.54) is 0 Å². The molecule has 0 saturated carbocycles. The highest BCUT2D eigenvalue weighted by molar-refractivity contribution is 7.91. The molecular formula is C20H20N4O4S. The number of ether oxygens (including phenoxy) is 1. The molecule has 1 saturated heterocycles. The Kier molecular flexibility index (Phi) is 5.06. The van der Waals surface area contributed by atoms with Crippen molar-refractivity contribution in [1.29, 1.82) is 0 Å². The van der Waals surface area contributed by atoms with E-state index < -0.39 is 9.84 Å². The second-order valence-corrected chi connectivity index (χ2v) is 9.06. The summed E-state index contributed by atoms with van der Waals surface area (Å²) in [6.45, 7) is 0. The second kappa shape index (κ2) is 7.67. The van der Waals surface area contributed by atoms with E-state index in [4.69, 9.17) is 4.74 Å². The highest BCUT2D eigenvalue weighted by atomic mass is 32.2. The second-order valence-electron chi connectivity index (χ2n) is 6.83. The summed E-state index contributed by atoms with van der Waals surface area (Å²) < 4.78 is 30.8. The smallest absolute Gasteiger partial charge is 0.276 e. The molecular weight excluding hydrogens is 392 g/mol. The maximum absolute atomic E-state index is 12.7. The van der Waals surface area contributed by atoms with Crippen molar-refractivity contribution < 1.29 is 17.9 Å². The Balaban J connectivity index is 1.70. The normalized spacial score (nSPS) is 17.8. The first-order chi connectivity index (χ1) is 13.9. The van der Waals surface area contributed by atoms with Crippen LogP contribution in [0.5, 0.6) is 5.75 Å². The number of sulfone groups is 1. The molecule has 29 heavy (non-hydrogen) atoms. The van der Waals surface area contributed by atoms with E-state index in [0.29, 0.717) is 23.6 Å². The minimum absolute atomic E-state index is 0.0171. The van der Waals surface area contributed by atoms with E-state index in [9.17, 15) is 13.2 Å². The third-order valence-corrected chi connectivity index (χ3v) is 6.60. The fraction of sp³-hybridized carbons (Fsp3) is 0.250. The summed E-state index contributed by atoms with van der Waals surface area (Å²) in [4.78, 5) is 16.6. The van der Waals surface area contributed by atoms with Gasteiger partial charge in [-0.15, -0.1) is 0 Å². The Bertz CT molecular complexity index is 1130. The van der Waals surface area contributed by atoms with Gasteiger partial charge in [0.25, 0.3) is 5.91 Å². The molecule has 0 radical (unpaired) electrons. The molecule has 9 heteroatoms. The number of carbonyl (C=O) groups excluding carboxylic acids is 1. The number of methoxy groups -OCH3 is 1. The molecule has 1 atom stereocenters. The third-order valence-electron chi connectivity index (χ3n) is 4.85. The molecule has 3 heterocycles. The number of amides is 1. The van der Waals surface area contributed by atoms with Crippen molar-refractivity contribution in [3.63, 3.8) is 0 Å². The molecule has 4 rings (SSSR count). The van der Waals surface area contributed by atoms with Gasteiger partial charge in [0, 0.05) is 23.6 Å². The van der Waals surface area contributed by atoms with Crippen molar-refractivity contribution in [2.45, 2.75) is 12.5 Å². The van der Waals surface area contributed by atoms with Gasteiger partial charge >= 0.3 is 0 Å². The van der Waals surface area contributed by atoms with Gasteiger partial charge in [-0.1, -0.05) is 0 Å². The van der Waals surface area contributed by atoms with Gasteiger partial charge in [-0.3, -0.25) is 14.5 Å². The quantitative estimate of drug-likeness (QED) is 0.691. The zero-order chi connectivity index (χ0) is 20.4. The SMILES string of the molecule is COc1ccc(-c2cc(C(=O)Nc3ccncc3)nn2C2CCS(=O)(=O)C2)cc1. The van der Waals surface area contributed by atoms with Gasteiger partial charge in [-0.2, -0.15) is 5.10 Å². The van der Waals surface area contributed by atoms with Crippen LogP contribution in [0.4, 0.5) is 5.69 Å². The Labute approximate surface area is 168 Å². The lowest BCUT2D eigenvalue weighted by atomic mass is 10.1. The fourth-order valence-corrected chi connectivity index (χ4v) is 5.05. The van der Waals surface area contributed by atoms with Gasteiger partial charge in [-0.25, -0.2) is 8.42 Å². The molecule has 1 N–H and O–H groups in total. The van der Waals surface area contributed by atoms with E-state index in [-0.39, 0.29) is 29.1 Å². The van der Waals surface area contributed by atoms with Gasteiger partial charge in [0.1, 0.15) is 5.75 Å². The molecule has 1 aromatic carbocycles. The number of benzene rings is 1. The lowest BCUT2D eigenvalue weighted by Gasteiger charge is -2.13. The van der Waals surface area contributed by atoms with Crippen LogP contribution in [0.3, 0.4) is 0 Å². The lowest BCUT2D eigenvalue weighted by molar-refractivity contribution is 0.102. The van der Waals surface area contributed by atoms with Crippen LogP contribution in [0.25, 0.3) is 11.3 Å². The molecule has 8 nitrogen and oxygen atoms in total. The molecule has 150 valence electrons. The first kappa shape index (κ1) is 19.1. The maximum Gasteiger partial charge on any atom is 0.276 e. The van der Waals surface area contributed by atoms with Crippen LogP contribution in [0.2, 0.25) is 0 Å². The molecule has 1 amide bonds. The van der Waals surface area contributed by atoms with Gasteiger partial charge < -0.3 is 10.1 Å². The number of carbonyl (C=O) groups is 1. The molecule has 1 fully saturated rings. The predicted molar refractivity (Wildman–Crippen MR) is 109 cm³/mol. The number of rotatable bonds is 5. The van der Waals surface area contributed by atoms with Crippen molar-refractivity contribution in [2.75, 3.05) is 23.9 Å². The van der Waals surface area contributed by atoms with Crippen molar-refractivity contribution in [3.8, 4) is 17.0 Å². The average molecular weight is 412 g/mol. The molecule has 0 bridgehead atoms. The summed E-state index contributed by atoms with van der Waals surface area (Å²) in [6, 6.07) is 12.1. The van der Waals surface area contributed by atoms with Crippen LogP contribution < -0.4 is 10.1 Å². The van der Waals surface area contributed by atoms with Crippen LogP contribution in [0.1, 0.15) is 23.0 Å². The van der Waals surface area contributed by atoms with E-state index in [2.05, 4.69) is 15.4 Å². The first-order valence-corrected chi connectivity index (χ1v) is 10.9. The summed E-state index contributed by atoms with van der Waals surface area (Å²) in [5.41, 5.74) is 2.34. The minimum atomic E-state index is -3.10. The molecule has 0 aliphatic carbocycles. The van der Waals surface area contributed by atoms with Crippen molar-refractivity contribution in [1.82, 2.24) is 14.8 Å². The van der Waals surface area contributed by atoms with E-state index in [1.54, 1.807) is 42.4 Å². The third kappa shape index (κ3) is 4.14. The number of nitrogens with zero attached hydrogens (tertiary/aromatic N) is 3. The lowest BCUT2D eigenvalue weighted by Crippen LogP contribution is -2.16. The highest BCUT2D eigenvalue weighted by Gasteiger charge is 2.32. The molecule has 2 aromatic heterocycles. The Hall–Kier alpha value is -3.20. The monoisotopic (exact) mass is 412 g/mol. The van der Waals surface area contributed by atoms with Crippen LogP contribution in [0.15, 0.2) is 54.9 Å². The number of hydrogen-bond donors (Lipinski definition) is 1. The number of aromatic nitrogens is 3. The average Bonchev–Trinajstić information content (AvgIpc) is 3.32. The summed E-state index contributed by atoms with van der Waals surface area (Å²) in [5, 5.41) is 7.25. The van der Waals surface area contributed by atoms with E-state index in [1.807, 2.05) is 24.3 Å². The van der Waals surface area contributed by atoms with Gasteiger partial charge in [-0.05, 0) is 48.9 Å². The van der Waals surface area contributed by atoms with Crippen LogP contribution in [0, 0.1) is 0 Å². The van der Waals surface area contributed by atoms with Crippen molar-refractivity contribution in [2.24, 2.45) is 0 Å². The van der Waals surface area contributed by atoms with Gasteiger partial charge in [0.05, 0.1) is 30.4 Å². The largest absolute Gasteiger partial charge is 0.497 e. The van der Waals surface area contributed by atoms with E-state index in [0.717, 1.165) is 5.56 Å². The maximum atomic E-state index is 12.7. The summed E-state index contributed by atoms with van der Waals surface area (Å²) in [7, 11) is -1.51. The number of pyridine rings is 1. The number of anilines is 1. The molecule has 1 aliphatic rings. The Morgan fingerprint density at radius 1 is 1.17 bits per heavy atom. The topological polar surface area (TPSA) is 103 Å². The predicted octanol–water partition coefficient (Wildman–Crippen LogP) is 2.57. The minimum Gasteiger partial charge on any atom is -0.497 e. The van der Waals surface area contributed by atoms with Crippen LogP contribution in [-0.2, 0) is 9.84 Å². The molecule has 3 aromatic rings. The molecule has 0 spiro atoms. The number of nitrogens with one attached hydrogen (secondary N) is 1. The summed E-state index contributed by atoms with van der Waals surface area (Å²) in [6.07, 6.45) is 3.64. The van der Waals surface area contributed by atoms with Crippen LogP contribution >= 0.6 is 0 Å². The van der Waals surface area contributed by atoms with Gasteiger partial charge in [0.15, 0.2) is 15.5 Å². The van der Waals surface area contributed by atoms with Crippen LogP contribution in [-0.4, -0.2) is 47.7 Å². The number of hydrogen-bond acceptors (Lipinski definition) is 6. The fourth-order valence-electron chi connectivity index (χ4n) is 3.36. The summed E-state index contributed by atoms with van der Waals surface area (Å²) in [5.74, 6) is 0.478. The van der Waals surface area contributed by atoms with Crippen molar-refractivity contribution >= 4 is 21.4 Å². The highest BCUT2D eigenvalue weighted by Crippen LogP contribution is 2.31. The standard InChI is InChI=1S/C20H20N4O4S/c1-28-17-4-2-14(3-5-17)19-12-18(20(25)22-15-6-9-21-10-7-15)23-24(19)16-8-11-29(26,27)13-16/h2-7,9-10,12,16H,8,11,13H2,1H3,(H,21,22,25). The molecule has 1 aliphatic heterocycles. The Morgan fingerprint density at radius 2 is 1.90 bits per heavy atom.